The van der Waals surface area contributed by atoms with E-state index in [-0.39, 0.29) is 17.5 Å². The van der Waals surface area contributed by atoms with Crippen molar-refractivity contribution in [3.8, 4) is 11.3 Å². The number of aromatic nitrogens is 5. The molecule has 3 heterocycles. The highest BCUT2D eigenvalue weighted by Crippen LogP contribution is 2.31. The minimum atomic E-state index is -3.20. The summed E-state index contributed by atoms with van der Waals surface area (Å²) in [5.74, 6) is -3.72. The molecule has 0 unspecified atom stereocenters. The van der Waals surface area contributed by atoms with E-state index in [9.17, 15) is 13.6 Å². The standard InChI is InChI=1S/C21H23F2N7O2/c1-12(31)28-18-8-14(29-17-6-7-24-19(30-17)21(4,22)23)13(9-27-18)15-10-26-16(11-25-15)20(2,3)32-5/h6-11H,1-5H3,(H2,24,27,28,29,30,31). The lowest BCUT2D eigenvalue weighted by Crippen LogP contribution is -2.21. The van der Waals surface area contributed by atoms with E-state index in [1.165, 1.54) is 25.4 Å². The average molecular weight is 443 g/mol. The van der Waals surface area contributed by atoms with Crippen LogP contribution in [-0.4, -0.2) is 37.9 Å². The van der Waals surface area contributed by atoms with Crippen molar-refractivity contribution in [1.29, 1.82) is 0 Å². The molecule has 11 heteroatoms. The predicted molar refractivity (Wildman–Crippen MR) is 114 cm³/mol. The van der Waals surface area contributed by atoms with Crippen molar-refractivity contribution in [1.82, 2.24) is 24.9 Å². The number of pyridine rings is 1. The third-order valence-electron chi connectivity index (χ3n) is 4.57. The summed E-state index contributed by atoms with van der Waals surface area (Å²) >= 11 is 0. The van der Waals surface area contributed by atoms with Gasteiger partial charge in [0.1, 0.15) is 17.2 Å². The SMILES string of the molecule is COC(C)(C)c1cnc(-c2cnc(NC(C)=O)cc2Nc2ccnc(C(C)(F)F)n2)cn1. The zero-order valence-corrected chi connectivity index (χ0v) is 18.3. The first kappa shape index (κ1) is 23.1. The van der Waals surface area contributed by atoms with Gasteiger partial charge < -0.3 is 15.4 Å². The van der Waals surface area contributed by atoms with Gasteiger partial charge in [-0.1, -0.05) is 0 Å². The maximum atomic E-state index is 13.6. The van der Waals surface area contributed by atoms with Gasteiger partial charge in [-0.2, -0.15) is 8.78 Å². The fourth-order valence-electron chi connectivity index (χ4n) is 2.67. The van der Waals surface area contributed by atoms with Crippen molar-refractivity contribution < 1.29 is 18.3 Å². The van der Waals surface area contributed by atoms with E-state index in [4.69, 9.17) is 4.74 Å². The third-order valence-corrected chi connectivity index (χ3v) is 4.57. The second-order valence-electron chi connectivity index (χ2n) is 7.58. The molecule has 0 fully saturated rings. The number of rotatable bonds is 7. The Balaban J connectivity index is 2.03. The van der Waals surface area contributed by atoms with Gasteiger partial charge in [-0.15, -0.1) is 0 Å². The normalized spacial score (nSPS) is 11.8. The topological polar surface area (TPSA) is 115 Å². The summed E-state index contributed by atoms with van der Waals surface area (Å²) in [5.41, 5.74) is 1.44. The van der Waals surface area contributed by atoms with Gasteiger partial charge in [0.15, 0.2) is 0 Å². The van der Waals surface area contributed by atoms with Crippen LogP contribution >= 0.6 is 0 Å². The lowest BCUT2D eigenvalue weighted by Gasteiger charge is -2.21. The summed E-state index contributed by atoms with van der Waals surface area (Å²) in [4.78, 5) is 32.1. The van der Waals surface area contributed by atoms with Gasteiger partial charge in [0, 0.05) is 45.0 Å². The molecule has 32 heavy (non-hydrogen) atoms. The van der Waals surface area contributed by atoms with Crippen molar-refractivity contribution in [2.45, 2.75) is 39.2 Å². The molecule has 9 nitrogen and oxygen atoms in total. The molecule has 0 aromatic carbocycles. The number of methoxy groups -OCH3 is 1. The molecule has 3 aromatic rings. The zero-order chi connectivity index (χ0) is 23.5. The van der Waals surface area contributed by atoms with E-state index in [1.807, 2.05) is 13.8 Å². The molecular weight excluding hydrogens is 420 g/mol. The second-order valence-corrected chi connectivity index (χ2v) is 7.58. The summed E-state index contributed by atoms with van der Waals surface area (Å²) in [7, 11) is 1.58. The van der Waals surface area contributed by atoms with Crippen molar-refractivity contribution >= 4 is 23.2 Å². The van der Waals surface area contributed by atoms with E-state index >= 15 is 0 Å². The molecule has 0 aliphatic carbocycles. The van der Waals surface area contributed by atoms with Crippen LogP contribution in [0, 0.1) is 0 Å². The minimum Gasteiger partial charge on any atom is -0.372 e. The van der Waals surface area contributed by atoms with Gasteiger partial charge in [-0.25, -0.2) is 15.0 Å². The minimum absolute atomic E-state index is 0.142. The fourth-order valence-corrected chi connectivity index (χ4v) is 2.67. The van der Waals surface area contributed by atoms with Gasteiger partial charge in [0.05, 0.1) is 29.5 Å². The van der Waals surface area contributed by atoms with Crippen molar-refractivity contribution in [3.05, 3.63) is 48.4 Å². The van der Waals surface area contributed by atoms with Crippen LogP contribution in [0.4, 0.5) is 26.1 Å². The maximum absolute atomic E-state index is 13.6. The van der Waals surface area contributed by atoms with Crippen LogP contribution < -0.4 is 10.6 Å². The molecular formula is C21H23F2N7O2. The lowest BCUT2D eigenvalue weighted by molar-refractivity contribution is -0.114. The van der Waals surface area contributed by atoms with Crippen LogP contribution in [0.15, 0.2) is 36.9 Å². The number of nitrogens with zero attached hydrogens (tertiary/aromatic N) is 5. The molecule has 0 aliphatic rings. The van der Waals surface area contributed by atoms with Crippen molar-refractivity contribution in [3.63, 3.8) is 0 Å². The van der Waals surface area contributed by atoms with Crippen LogP contribution in [0.5, 0.6) is 0 Å². The molecule has 3 aromatic heterocycles. The molecule has 0 saturated carbocycles. The first-order valence-corrected chi connectivity index (χ1v) is 9.63. The number of hydrogen-bond donors (Lipinski definition) is 2. The molecule has 2 N–H and O–H groups in total. The lowest BCUT2D eigenvalue weighted by atomic mass is 10.1. The average Bonchev–Trinajstić information content (AvgIpc) is 2.73. The monoisotopic (exact) mass is 443 g/mol. The smallest absolute Gasteiger partial charge is 0.303 e. The largest absolute Gasteiger partial charge is 0.372 e. The van der Waals surface area contributed by atoms with E-state index in [1.54, 1.807) is 25.6 Å². The number of amides is 1. The van der Waals surface area contributed by atoms with Crippen LogP contribution in [0.25, 0.3) is 11.3 Å². The quantitative estimate of drug-likeness (QED) is 0.563. The van der Waals surface area contributed by atoms with E-state index in [0.717, 1.165) is 6.92 Å². The molecule has 0 spiro atoms. The zero-order valence-electron chi connectivity index (χ0n) is 18.3. The summed E-state index contributed by atoms with van der Waals surface area (Å²) in [5, 5.41) is 5.57. The summed E-state index contributed by atoms with van der Waals surface area (Å²) in [6.07, 6.45) is 5.88. The highest BCUT2D eigenvalue weighted by Gasteiger charge is 2.28. The van der Waals surface area contributed by atoms with E-state index in [2.05, 4.69) is 35.6 Å². The highest BCUT2D eigenvalue weighted by atomic mass is 19.3. The van der Waals surface area contributed by atoms with Crippen LogP contribution in [0.1, 0.15) is 39.2 Å². The maximum Gasteiger partial charge on any atom is 0.303 e. The molecule has 0 bridgehead atoms. The Kier molecular flexibility index (Phi) is 6.40. The van der Waals surface area contributed by atoms with E-state index in [0.29, 0.717) is 22.6 Å². The van der Waals surface area contributed by atoms with Gasteiger partial charge in [-0.05, 0) is 19.9 Å². The third kappa shape index (κ3) is 5.35. The fraction of sp³-hybridized carbons (Fsp3) is 0.333. The Bertz CT molecular complexity index is 1120. The predicted octanol–water partition coefficient (Wildman–Crippen LogP) is 4.02. The number of carbonyl (C=O) groups excluding carboxylic acids is 1. The number of anilines is 3. The molecule has 3 rings (SSSR count). The van der Waals surface area contributed by atoms with Gasteiger partial charge in [-0.3, -0.25) is 14.8 Å². The second kappa shape index (κ2) is 8.87. The number of alkyl halides is 2. The van der Waals surface area contributed by atoms with Crippen LogP contribution in [0.2, 0.25) is 0 Å². The van der Waals surface area contributed by atoms with E-state index < -0.39 is 17.3 Å². The molecule has 0 radical (unpaired) electrons. The van der Waals surface area contributed by atoms with Gasteiger partial charge >= 0.3 is 5.92 Å². The van der Waals surface area contributed by atoms with Gasteiger partial charge in [0.2, 0.25) is 11.7 Å². The number of ether oxygens (including phenoxy) is 1. The van der Waals surface area contributed by atoms with Gasteiger partial charge in [0.25, 0.3) is 0 Å². The highest BCUT2D eigenvalue weighted by molar-refractivity contribution is 5.89. The summed E-state index contributed by atoms with van der Waals surface area (Å²) < 4.78 is 32.7. The Morgan fingerprint density at radius 3 is 2.38 bits per heavy atom. The molecule has 1 amide bonds. The molecule has 0 saturated heterocycles. The Hall–Kier alpha value is -3.60. The Morgan fingerprint density at radius 1 is 1.03 bits per heavy atom. The molecule has 168 valence electrons. The van der Waals surface area contributed by atoms with Crippen molar-refractivity contribution in [2.75, 3.05) is 17.7 Å². The van der Waals surface area contributed by atoms with Crippen LogP contribution in [-0.2, 0) is 21.1 Å². The number of halogens is 2. The number of hydrogen-bond acceptors (Lipinski definition) is 8. The summed E-state index contributed by atoms with van der Waals surface area (Å²) in [6, 6.07) is 3.00. The molecule has 0 atom stereocenters. The first-order valence-electron chi connectivity index (χ1n) is 9.63. The first-order chi connectivity index (χ1) is 15.0. The van der Waals surface area contributed by atoms with Crippen molar-refractivity contribution in [2.24, 2.45) is 0 Å². The van der Waals surface area contributed by atoms with Crippen LogP contribution in [0.3, 0.4) is 0 Å². The molecule has 0 aliphatic heterocycles. The Labute approximate surface area is 183 Å². The number of nitrogens with one attached hydrogen (secondary N) is 2. The summed E-state index contributed by atoms with van der Waals surface area (Å²) in [6.45, 7) is 5.80. The Morgan fingerprint density at radius 2 is 1.78 bits per heavy atom. The number of carbonyl (C=O) groups is 1.